The summed E-state index contributed by atoms with van der Waals surface area (Å²) < 4.78 is 25.6. The molecule has 7 atom stereocenters. The Morgan fingerprint density at radius 1 is 1.23 bits per heavy atom. The van der Waals surface area contributed by atoms with E-state index >= 15 is 0 Å². The lowest BCUT2D eigenvalue weighted by molar-refractivity contribution is -0.133. The zero-order chi connectivity index (χ0) is 21.4. The molecule has 0 spiro atoms. The second-order valence-corrected chi connectivity index (χ2v) is 9.52. The average molecular weight is 442 g/mol. The summed E-state index contributed by atoms with van der Waals surface area (Å²) in [5.74, 6) is -0.602. The Hall–Kier alpha value is -0.920. The van der Waals surface area contributed by atoms with Crippen molar-refractivity contribution < 1.29 is 18.7 Å². The molecule has 11 heteroatoms. The standard InChI is InChI=1S/C20H36FN7O3/c21-12-6-24-19-17(18(22)26-28(19)8-12)20(29)25-15-7-23-4-3-16(15)31-14-2-1-5-27(9-14)13-10-30-11-13/h12-19,23-24,26H,1-11,22H2,(H,25,29)/t12?,14-,15?,16?,17?,18?,19?/m0/s1. The van der Waals surface area contributed by atoms with Crippen molar-refractivity contribution in [2.24, 2.45) is 11.7 Å². The Morgan fingerprint density at radius 3 is 2.90 bits per heavy atom. The third kappa shape index (κ3) is 4.74. The van der Waals surface area contributed by atoms with Crippen LogP contribution in [-0.2, 0) is 14.3 Å². The van der Waals surface area contributed by atoms with Crippen LogP contribution in [0.25, 0.3) is 0 Å². The second kappa shape index (κ2) is 9.52. The minimum absolute atomic E-state index is 0.0241. The van der Waals surface area contributed by atoms with Crippen molar-refractivity contribution in [2.45, 2.75) is 62.1 Å². The SMILES string of the molecule is NC1NN2CC(F)CNC2C1C(=O)NC1CNCCC1O[C@H]1CCCN(C2COC2)C1. The van der Waals surface area contributed by atoms with E-state index in [-0.39, 0.29) is 43.4 Å². The Morgan fingerprint density at radius 2 is 2.10 bits per heavy atom. The number of alkyl halides is 1. The molecule has 31 heavy (non-hydrogen) atoms. The van der Waals surface area contributed by atoms with Gasteiger partial charge in [-0.25, -0.2) is 14.8 Å². The summed E-state index contributed by atoms with van der Waals surface area (Å²) >= 11 is 0. The molecule has 0 aliphatic carbocycles. The Labute approximate surface area is 182 Å². The van der Waals surface area contributed by atoms with Crippen LogP contribution in [0.4, 0.5) is 4.39 Å². The minimum Gasteiger partial charge on any atom is -0.378 e. The molecule has 0 aromatic heterocycles. The first-order valence-corrected chi connectivity index (χ1v) is 11.7. The molecule has 0 radical (unpaired) electrons. The lowest BCUT2D eigenvalue weighted by Crippen LogP contribution is -2.61. The molecule has 5 rings (SSSR count). The molecule has 5 heterocycles. The molecule has 176 valence electrons. The lowest BCUT2D eigenvalue weighted by atomic mass is 9.98. The van der Waals surface area contributed by atoms with E-state index < -0.39 is 18.3 Å². The number of rotatable bonds is 5. The van der Waals surface area contributed by atoms with Crippen LogP contribution in [0.15, 0.2) is 0 Å². The van der Waals surface area contributed by atoms with Crippen LogP contribution in [0.1, 0.15) is 19.3 Å². The third-order valence-corrected chi connectivity index (χ3v) is 7.28. The number of hydrogen-bond donors (Lipinski definition) is 5. The van der Waals surface area contributed by atoms with Crippen LogP contribution in [0.2, 0.25) is 0 Å². The molecular weight excluding hydrogens is 405 g/mol. The Kier molecular flexibility index (Phi) is 6.72. The summed E-state index contributed by atoms with van der Waals surface area (Å²) in [6, 6.07) is 0.420. The fraction of sp³-hybridized carbons (Fsp3) is 0.950. The highest BCUT2D eigenvalue weighted by Crippen LogP contribution is 2.24. The first kappa shape index (κ1) is 21.9. The highest BCUT2D eigenvalue weighted by atomic mass is 19.1. The Bertz CT molecular complexity index is 642. The van der Waals surface area contributed by atoms with Crippen LogP contribution in [0.3, 0.4) is 0 Å². The van der Waals surface area contributed by atoms with Crippen LogP contribution >= 0.6 is 0 Å². The van der Waals surface area contributed by atoms with Gasteiger partial charge in [0, 0.05) is 26.2 Å². The van der Waals surface area contributed by atoms with Gasteiger partial charge in [0.25, 0.3) is 0 Å². The summed E-state index contributed by atoms with van der Waals surface area (Å²) in [4.78, 5) is 15.7. The minimum atomic E-state index is -0.973. The number of carbonyl (C=O) groups is 1. The molecule has 0 aromatic rings. The maximum Gasteiger partial charge on any atom is 0.229 e. The molecule has 0 aromatic carbocycles. The van der Waals surface area contributed by atoms with E-state index in [2.05, 4.69) is 26.3 Å². The van der Waals surface area contributed by atoms with Crippen molar-refractivity contribution in [2.75, 3.05) is 52.5 Å². The highest BCUT2D eigenvalue weighted by molar-refractivity contribution is 5.80. The molecule has 6 unspecified atom stereocenters. The summed E-state index contributed by atoms with van der Waals surface area (Å²) in [6.07, 6.45) is 1.39. The topological polar surface area (TPSA) is 116 Å². The lowest BCUT2D eigenvalue weighted by Gasteiger charge is -2.43. The van der Waals surface area contributed by atoms with Gasteiger partial charge >= 0.3 is 0 Å². The number of hydrazine groups is 1. The van der Waals surface area contributed by atoms with Gasteiger partial charge in [-0.05, 0) is 32.4 Å². The highest BCUT2D eigenvalue weighted by Gasteiger charge is 2.47. The molecule has 5 fully saturated rings. The van der Waals surface area contributed by atoms with E-state index in [9.17, 15) is 9.18 Å². The number of ether oxygens (including phenoxy) is 2. The molecule has 0 bridgehead atoms. The van der Waals surface area contributed by atoms with Crippen LogP contribution in [-0.4, -0.2) is 111 Å². The maximum atomic E-state index is 13.7. The van der Waals surface area contributed by atoms with Gasteiger partial charge in [0.1, 0.15) is 6.17 Å². The molecule has 5 aliphatic heterocycles. The predicted molar refractivity (Wildman–Crippen MR) is 111 cm³/mol. The number of likely N-dealkylation sites (tertiary alicyclic amines) is 1. The smallest absolute Gasteiger partial charge is 0.229 e. The third-order valence-electron chi connectivity index (χ3n) is 7.28. The number of halogens is 1. The van der Waals surface area contributed by atoms with Gasteiger partial charge in [-0.3, -0.25) is 15.0 Å². The number of piperidine rings is 2. The van der Waals surface area contributed by atoms with Gasteiger partial charge in [-0.1, -0.05) is 0 Å². The van der Waals surface area contributed by atoms with Gasteiger partial charge in [-0.2, -0.15) is 0 Å². The average Bonchev–Trinajstić information content (AvgIpc) is 3.03. The van der Waals surface area contributed by atoms with Crippen molar-refractivity contribution in [1.29, 1.82) is 0 Å². The molecular formula is C20H36FN7O3. The van der Waals surface area contributed by atoms with Crippen molar-refractivity contribution in [3.05, 3.63) is 0 Å². The summed E-state index contributed by atoms with van der Waals surface area (Å²) in [5, 5.41) is 11.4. The van der Waals surface area contributed by atoms with E-state index in [1.165, 1.54) is 0 Å². The molecule has 0 saturated carbocycles. The van der Waals surface area contributed by atoms with Crippen LogP contribution in [0.5, 0.6) is 0 Å². The molecule has 5 aliphatic rings. The molecule has 5 saturated heterocycles. The van der Waals surface area contributed by atoms with Gasteiger partial charge in [0.2, 0.25) is 5.91 Å². The fourth-order valence-corrected chi connectivity index (χ4v) is 5.49. The number of nitrogens with zero attached hydrogens (tertiary/aromatic N) is 2. The summed E-state index contributed by atoms with van der Waals surface area (Å²) in [6.45, 7) is 5.71. The Balaban J connectivity index is 1.18. The fourth-order valence-electron chi connectivity index (χ4n) is 5.49. The molecule has 6 N–H and O–H groups in total. The second-order valence-electron chi connectivity index (χ2n) is 9.52. The maximum absolute atomic E-state index is 13.7. The van der Waals surface area contributed by atoms with Crippen molar-refractivity contribution in [1.82, 2.24) is 31.3 Å². The van der Waals surface area contributed by atoms with Crippen molar-refractivity contribution >= 4 is 5.91 Å². The first-order valence-electron chi connectivity index (χ1n) is 11.7. The quantitative estimate of drug-likeness (QED) is 0.321. The normalized spacial score (nSPS) is 42.7. The first-order chi connectivity index (χ1) is 15.1. The number of carbonyl (C=O) groups excluding carboxylic acids is 1. The molecule has 1 amide bonds. The largest absolute Gasteiger partial charge is 0.378 e. The van der Waals surface area contributed by atoms with Gasteiger partial charge in [0.15, 0.2) is 0 Å². The van der Waals surface area contributed by atoms with Crippen molar-refractivity contribution in [3.63, 3.8) is 0 Å². The van der Waals surface area contributed by atoms with E-state index in [1.54, 1.807) is 5.01 Å². The predicted octanol–water partition coefficient (Wildman–Crippen LogP) is -2.30. The van der Waals surface area contributed by atoms with E-state index in [4.69, 9.17) is 15.2 Å². The van der Waals surface area contributed by atoms with Crippen LogP contribution in [0, 0.1) is 5.92 Å². The monoisotopic (exact) mass is 441 g/mol. The number of nitrogens with two attached hydrogens (primary N) is 1. The van der Waals surface area contributed by atoms with Gasteiger partial charge in [-0.15, -0.1) is 0 Å². The zero-order valence-electron chi connectivity index (χ0n) is 18.0. The van der Waals surface area contributed by atoms with E-state index in [1.807, 2.05) is 0 Å². The number of nitrogens with one attached hydrogen (secondary N) is 4. The number of amides is 1. The summed E-state index contributed by atoms with van der Waals surface area (Å²) in [5.41, 5.74) is 9.24. The zero-order valence-corrected chi connectivity index (χ0v) is 18.0. The van der Waals surface area contributed by atoms with Crippen LogP contribution < -0.4 is 27.1 Å². The number of hydrogen-bond acceptors (Lipinski definition) is 9. The van der Waals surface area contributed by atoms with E-state index in [0.29, 0.717) is 12.6 Å². The van der Waals surface area contributed by atoms with Crippen molar-refractivity contribution in [3.8, 4) is 0 Å². The van der Waals surface area contributed by atoms with E-state index in [0.717, 1.165) is 52.1 Å². The van der Waals surface area contributed by atoms with Gasteiger partial charge in [0.05, 0.1) is 55.8 Å². The number of fused-ring (bicyclic) bond motifs is 1. The summed E-state index contributed by atoms with van der Waals surface area (Å²) in [7, 11) is 0. The van der Waals surface area contributed by atoms with Gasteiger partial charge < -0.3 is 25.8 Å². The molecule has 10 nitrogen and oxygen atoms in total.